The van der Waals surface area contributed by atoms with Gasteiger partial charge in [0.15, 0.2) is 0 Å². The quantitative estimate of drug-likeness (QED) is 0.770. The molecule has 0 aliphatic heterocycles. The molecule has 0 aliphatic rings. The van der Waals surface area contributed by atoms with Crippen molar-refractivity contribution in [3.63, 3.8) is 0 Å². The fourth-order valence-electron chi connectivity index (χ4n) is 1.69. The van der Waals surface area contributed by atoms with Crippen LogP contribution in [0.3, 0.4) is 0 Å². The molecule has 1 N–H and O–H groups in total. The fraction of sp³-hybridized carbons (Fsp3) is 0.214. The van der Waals surface area contributed by atoms with Gasteiger partial charge in [-0.25, -0.2) is 0 Å². The summed E-state index contributed by atoms with van der Waals surface area (Å²) in [6.45, 7) is 2.50. The zero-order valence-electron chi connectivity index (χ0n) is 10.7. The van der Waals surface area contributed by atoms with Crippen molar-refractivity contribution in [2.75, 3.05) is 6.54 Å². The molecule has 0 fully saturated rings. The van der Waals surface area contributed by atoms with Crippen molar-refractivity contribution in [1.82, 2.24) is 5.32 Å². The summed E-state index contributed by atoms with van der Waals surface area (Å²) >= 11 is 16.8. The van der Waals surface area contributed by atoms with E-state index in [0.717, 1.165) is 14.9 Å². The van der Waals surface area contributed by atoms with Crippen LogP contribution in [0.5, 0.6) is 0 Å². The van der Waals surface area contributed by atoms with Gasteiger partial charge in [0.05, 0.1) is 8.66 Å². The second-order valence-electron chi connectivity index (χ2n) is 4.31. The zero-order valence-corrected chi connectivity index (χ0v) is 14.6. The molecular formula is C14H12BrCl2NOS. The summed E-state index contributed by atoms with van der Waals surface area (Å²) in [5, 5.41) is 4.13. The van der Waals surface area contributed by atoms with E-state index < -0.39 is 0 Å². The molecule has 0 atom stereocenters. The summed E-state index contributed by atoms with van der Waals surface area (Å²) in [7, 11) is 0. The lowest BCUT2D eigenvalue weighted by atomic mass is 10.1. The number of nitrogens with one attached hydrogen (secondary N) is 1. The summed E-state index contributed by atoms with van der Waals surface area (Å²) in [5.74, 6) is -0.0612. The average molecular weight is 393 g/mol. The van der Waals surface area contributed by atoms with E-state index in [-0.39, 0.29) is 5.91 Å². The van der Waals surface area contributed by atoms with Crippen LogP contribution in [0.1, 0.15) is 20.8 Å². The van der Waals surface area contributed by atoms with Gasteiger partial charge in [0.1, 0.15) is 0 Å². The molecule has 1 amide bonds. The Kier molecular flexibility index (Phi) is 5.49. The largest absolute Gasteiger partial charge is 0.351 e. The maximum absolute atomic E-state index is 12.0. The summed E-state index contributed by atoms with van der Waals surface area (Å²) in [4.78, 5) is 12.7. The van der Waals surface area contributed by atoms with E-state index >= 15 is 0 Å². The topological polar surface area (TPSA) is 29.1 Å². The van der Waals surface area contributed by atoms with Gasteiger partial charge in [0.25, 0.3) is 5.91 Å². The highest BCUT2D eigenvalue weighted by atomic mass is 79.9. The van der Waals surface area contributed by atoms with Crippen LogP contribution in [0, 0.1) is 6.92 Å². The number of carbonyl (C=O) groups is 1. The van der Waals surface area contributed by atoms with Crippen molar-refractivity contribution in [3.05, 3.63) is 54.1 Å². The summed E-state index contributed by atoms with van der Waals surface area (Å²) in [6, 6.07) is 7.26. The number of amides is 1. The molecule has 0 spiro atoms. The average Bonchev–Trinajstić information content (AvgIpc) is 2.72. The van der Waals surface area contributed by atoms with Crippen molar-refractivity contribution < 1.29 is 4.79 Å². The second kappa shape index (κ2) is 6.94. The third-order valence-corrected chi connectivity index (χ3v) is 5.50. The van der Waals surface area contributed by atoms with Crippen LogP contribution in [0.4, 0.5) is 0 Å². The molecule has 0 bridgehead atoms. The van der Waals surface area contributed by atoms with Crippen LogP contribution in [0.15, 0.2) is 28.1 Å². The van der Waals surface area contributed by atoms with Crippen LogP contribution < -0.4 is 5.32 Å². The van der Waals surface area contributed by atoms with Crippen LogP contribution in [0.25, 0.3) is 0 Å². The second-order valence-corrected chi connectivity index (χ2v) is 7.52. The number of hydrogen-bond acceptors (Lipinski definition) is 2. The van der Waals surface area contributed by atoms with Crippen molar-refractivity contribution >= 4 is 56.4 Å². The van der Waals surface area contributed by atoms with Crippen LogP contribution in [-0.2, 0) is 6.42 Å². The SMILES string of the molecule is Cc1cc(C(=O)NCCc2ccc(Cl)cc2Cl)sc1Br. The molecule has 1 aromatic carbocycles. The number of rotatable bonds is 4. The lowest BCUT2D eigenvalue weighted by molar-refractivity contribution is 0.0958. The first kappa shape index (κ1) is 15.8. The van der Waals surface area contributed by atoms with Gasteiger partial charge >= 0.3 is 0 Å². The summed E-state index contributed by atoms with van der Waals surface area (Å²) in [6.07, 6.45) is 0.674. The Morgan fingerprint density at radius 3 is 2.70 bits per heavy atom. The highest BCUT2D eigenvalue weighted by molar-refractivity contribution is 9.11. The monoisotopic (exact) mass is 391 g/mol. The number of aryl methyl sites for hydroxylation is 1. The molecule has 20 heavy (non-hydrogen) atoms. The molecule has 106 valence electrons. The first-order valence-corrected chi connectivity index (χ1v) is 8.32. The normalized spacial score (nSPS) is 10.6. The minimum atomic E-state index is -0.0612. The van der Waals surface area contributed by atoms with E-state index in [2.05, 4.69) is 21.2 Å². The van der Waals surface area contributed by atoms with Gasteiger partial charge < -0.3 is 5.32 Å². The molecule has 2 aromatic rings. The molecule has 1 aromatic heterocycles. The lowest BCUT2D eigenvalue weighted by Crippen LogP contribution is -2.24. The maximum Gasteiger partial charge on any atom is 0.261 e. The van der Waals surface area contributed by atoms with E-state index in [1.807, 2.05) is 19.1 Å². The first-order chi connectivity index (χ1) is 9.47. The fourth-order valence-corrected chi connectivity index (χ4v) is 3.65. The predicted octanol–water partition coefficient (Wildman–Crippen LogP) is 5.10. The zero-order chi connectivity index (χ0) is 14.7. The molecular weight excluding hydrogens is 381 g/mol. The van der Waals surface area contributed by atoms with E-state index in [1.165, 1.54) is 11.3 Å². The number of thiophene rings is 1. The van der Waals surface area contributed by atoms with E-state index in [0.29, 0.717) is 27.9 Å². The Morgan fingerprint density at radius 2 is 2.10 bits per heavy atom. The minimum absolute atomic E-state index is 0.0612. The molecule has 0 aliphatic carbocycles. The molecule has 0 saturated carbocycles. The standard InChI is InChI=1S/C14H12BrCl2NOS/c1-8-6-12(20-13(8)15)14(19)18-5-4-9-2-3-10(16)7-11(9)17/h2-3,6-7H,4-5H2,1H3,(H,18,19). The van der Waals surface area contributed by atoms with E-state index in [1.54, 1.807) is 12.1 Å². The van der Waals surface area contributed by atoms with Crippen LogP contribution in [-0.4, -0.2) is 12.5 Å². The van der Waals surface area contributed by atoms with Crippen LogP contribution in [0.2, 0.25) is 10.0 Å². The maximum atomic E-state index is 12.0. The number of halogens is 3. The van der Waals surface area contributed by atoms with Crippen molar-refractivity contribution in [1.29, 1.82) is 0 Å². The van der Waals surface area contributed by atoms with E-state index in [4.69, 9.17) is 23.2 Å². The highest BCUT2D eigenvalue weighted by Crippen LogP contribution is 2.27. The number of hydrogen-bond donors (Lipinski definition) is 1. The highest BCUT2D eigenvalue weighted by Gasteiger charge is 2.11. The smallest absolute Gasteiger partial charge is 0.261 e. The minimum Gasteiger partial charge on any atom is -0.351 e. The third kappa shape index (κ3) is 3.98. The van der Waals surface area contributed by atoms with Crippen molar-refractivity contribution in [2.24, 2.45) is 0 Å². The van der Waals surface area contributed by atoms with Crippen molar-refractivity contribution in [2.45, 2.75) is 13.3 Å². The van der Waals surface area contributed by atoms with Gasteiger partial charge in [0, 0.05) is 16.6 Å². The van der Waals surface area contributed by atoms with Gasteiger partial charge in [-0.2, -0.15) is 0 Å². The van der Waals surface area contributed by atoms with Gasteiger partial charge in [-0.1, -0.05) is 29.3 Å². The first-order valence-electron chi connectivity index (χ1n) is 5.95. The molecule has 2 nitrogen and oxygen atoms in total. The molecule has 1 heterocycles. The Bertz CT molecular complexity index is 623. The lowest BCUT2D eigenvalue weighted by Gasteiger charge is -2.06. The van der Waals surface area contributed by atoms with E-state index in [9.17, 15) is 4.79 Å². The van der Waals surface area contributed by atoms with Gasteiger partial charge in [-0.3, -0.25) is 4.79 Å². The Morgan fingerprint density at radius 1 is 1.35 bits per heavy atom. The van der Waals surface area contributed by atoms with Gasteiger partial charge in [0.2, 0.25) is 0 Å². The number of benzene rings is 1. The Hall–Kier alpha value is -0.550. The van der Waals surface area contributed by atoms with Crippen molar-refractivity contribution in [3.8, 4) is 0 Å². The summed E-state index contributed by atoms with van der Waals surface area (Å²) in [5.41, 5.74) is 2.04. The molecule has 2 rings (SSSR count). The molecule has 0 unspecified atom stereocenters. The Balaban J connectivity index is 1.91. The third-order valence-electron chi connectivity index (χ3n) is 2.78. The predicted molar refractivity (Wildman–Crippen MR) is 89.3 cm³/mol. The molecule has 0 saturated heterocycles. The van der Waals surface area contributed by atoms with Crippen LogP contribution >= 0.6 is 50.5 Å². The molecule has 6 heteroatoms. The summed E-state index contributed by atoms with van der Waals surface area (Å²) < 4.78 is 0.989. The van der Waals surface area contributed by atoms with Gasteiger partial charge in [-0.15, -0.1) is 11.3 Å². The van der Waals surface area contributed by atoms with Gasteiger partial charge in [-0.05, 0) is 58.6 Å². The molecule has 0 radical (unpaired) electrons. The Labute approximate surface area is 140 Å². The number of carbonyl (C=O) groups excluding carboxylic acids is 1.